The molecule has 0 aliphatic rings. The fourth-order valence-electron chi connectivity index (χ4n) is 2.91. The molecular weight excluding hydrogens is 440 g/mol. The number of hydrogen-bond acceptors (Lipinski definition) is 7. The average Bonchev–Trinajstić information content (AvgIpc) is 3.33. The van der Waals surface area contributed by atoms with E-state index in [0.29, 0.717) is 23.3 Å². The van der Waals surface area contributed by atoms with Gasteiger partial charge >= 0.3 is 0 Å². The summed E-state index contributed by atoms with van der Waals surface area (Å²) in [5, 5.41) is 10.3. The first-order valence-electron chi connectivity index (χ1n) is 8.51. The van der Waals surface area contributed by atoms with Crippen LogP contribution in [0.2, 0.25) is 0 Å². The minimum Gasteiger partial charge on any atom is -0.338 e. The van der Waals surface area contributed by atoms with Crippen LogP contribution in [0.3, 0.4) is 0 Å². The number of benzene rings is 2. The van der Waals surface area contributed by atoms with Crippen LogP contribution in [0.4, 0.5) is 0 Å². The molecular formula is C19H13BrN6OS. The Morgan fingerprint density at radius 2 is 1.96 bits per heavy atom. The number of aryl methyl sites for hydroxylation is 1. The lowest BCUT2D eigenvalue weighted by atomic mass is 10.2. The third-order valence-corrected chi connectivity index (χ3v) is 5.54. The van der Waals surface area contributed by atoms with Gasteiger partial charge in [-0.25, -0.2) is 9.97 Å². The summed E-state index contributed by atoms with van der Waals surface area (Å²) in [6.45, 7) is 1.87. The lowest BCUT2D eigenvalue weighted by molar-refractivity contribution is 0.391. The maximum absolute atomic E-state index is 5.42. The molecule has 0 N–H and O–H groups in total. The second-order valence-corrected chi connectivity index (χ2v) is 7.97. The normalized spacial score (nSPS) is 11.5. The molecule has 28 heavy (non-hydrogen) atoms. The van der Waals surface area contributed by atoms with Crippen molar-refractivity contribution >= 4 is 44.2 Å². The van der Waals surface area contributed by atoms with E-state index in [1.54, 1.807) is 4.52 Å². The van der Waals surface area contributed by atoms with Crippen LogP contribution in [0.5, 0.6) is 0 Å². The quantitative estimate of drug-likeness (QED) is 0.288. The number of rotatable bonds is 4. The van der Waals surface area contributed by atoms with Gasteiger partial charge in [0, 0.05) is 15.4 Å². The summed E-state index contributed by atoms with van der Waals surface area (Å²) in [5.74, 6) is 2.28. The largest absolute Gasteiger partial charge is 0.338 e. The Bertz CT molecular complexity index is 1310. The van der Waals surface area contributed by atoms with Crippen LogP contribution in [0, 0.1) is 6.92 Å². The third kappa shape index (κ3) is 3.16. The van der Waals surface area contributed by atoms with Gasteiger partial charge in [-0.05, 0) is 31.2 Å². The highest BCUT2D eigenvalue weighted by molar-refractivity contribution is 9.10. The molecule has 9 heteroatoms. The smallest absolute Gasteiger partial charge is 0.237 e. The van der Waals surface area contributed by atoms with Crippen molar-refractivity contribution in [3.8, 4) is 11.4 Å². The van der Waals surface area contributed by atoms with Crippen LogP contribution in [-0.2, 0) is 5.75 Å². The van der Waals surface area contributed by atoms with Gasteiger partial charge in [0.2, 0.25) is 11.7 Å². The molecule has 0 amide bonds. The number of hydrogen-bond donors (Lipinski definition) is 0. The Labute approximate surface area is 172 Å². The highest BCUT2D eigenvalue weighted by atomic mass is 79.9. The minimum atomic E-state index is 0.486. The monoisotopic (exact) mass is 452 g/mol. The van der Waals surface area contributed by atoms with Gasteiger partial charge in [-0.15, -0.1) is 5.10 Å². The van der Waals surface area contributed by atoms with Crippen LogP contribution >= 0.6 is 27.7 Å². The van der Waals surface area contributed by atoms with Crippen molar-refractivity contribution < 1.29 is 4.52 Å². The van der Waals surface area contributed by atoms with Gasteiger partial charge in [-0.2, -0.15) is 9.50 Å². The average molecular weight is 453 g/mol. The second kappa shape index (κ2) is 6.99. The Morgan fingerprint density at radius 1 is 1.07 bits per heavy atom. The van der Waals surface area contributed by atoms with Crippen molar-refractivity contribution in [2.45, 2.75) is 17.8 Å². The Morgan fingerprint density at radius 3 is 2.86 bits per heavy atom. The van der Waals surface area contributed by atoms with Crippen LogP contribution in [0.15, 0.2) is 62.7 Å². The molecule has 138 valence electrons. The molecule has 0 spiro atoms. The molecule has 0 saturated carbocycles. The fourth-order valence-corrected chi connectivity index (χ4v) is 4.09. The molecule has 5 aromatic rings. The van der Waals surface area contributed by atoms with Crippen LogP contribution < -0.4 is 0 Å². The third-order valence-electron chi connectivity index (χ3n) is 4.13. The van der Waals surface area contributed by atoms with Crippen molar-refractivity contribution in [2.24, 2.45) is 0 Å². The highest BCUT2D eigenvalue weighted by Gasteiger charge is 2.15. The van der Waals surface area contributed by atoms with Gasteiger partial charge < -0.3 is 4.52 Å². The maximum Gasteiger partial charge on any atom is 0.237 e. The molecule has 5 rings (SSSR count). The lowest BCUT2D eigenvalue weighted by Gasteiger charge is -2.04. The SMILES string of the molecule is Cc1nc2c3ccccc3nc(SCc3nc(-c4cccc(Br)c4)no3)n2n1. The Hall–Kier alpha value is -2.78. The summed E-state index contributed by atoms with van der Waals surface area (Å²) in [6, 6.07) is 15.7. The van der Waals surface area contributed by atoms with Crippen LogP contribution in [0.1, 0.15) is 11.7 Å². The van der Waals surface area contributed by atoms with Crippen LogP contribution in [-0.4, -0.2) is 29.7 Å². The van der Waals surface area contributed by atoms with E-state index >= 15 is 0 Å². The zero-order valence-corrected chi connectivity index (χ0v) is 17.1. The number of fused-ring (bicyclic) bond motifs is 3. The molecule has 0 fully saturated rings. The summed E-state index contributed by atoms with van der Waals surface area (Å²) < 4.78 is 8.15. The van der Waals surface area contributed by atoms with Gasteiger partial charge in [0.15, 0.2) is 10.8 Å². The summed E-state index contributed by atoms with van der Waals surface area (Å²) in [5.41, 5.74) is 2.57. The van der Waals surface area contributed by atoms with Gasteiger partial charge in [0.05, 0.1) is 11.3 Å². The molecule has 0 aliphatic carbocycles. The van der Waals surface area contributed by atoms with E-state index in [9.17, 15) is 0 Å². The first-order valence-corrected chi connectivity index (χ1v) is 10.3. The van der Waals surface area contributed by atoms with Gasteiger partial charge in [-0.3, -0.25) is 0 Å². The van der Waals surface area contributed by atoms with Crippen molar-refractivity contribution in [3.05, 3.63) is 64.7 Å². The minimum absolute atomic E-state index is 0.486. The zero-order chi connectivity index (χ0) is 19.1. The number of aromatic nitrogens is 6. The number of nitrogens with zero attached hydrogens (tertiary/aromatic N) is 6. The van der Waals surface area contributed by atoms with Crippen molar-refractivity contribution in [2.75, 3.05) is 0 Å². The van der Waals surface area contributed by atoms with E-state index < -0.39 is 0 Å². The molecule has 3 aromatic heterocycles. The Balaban J connectivity index is 1.46. The predicted molar refractivity (Wildman–Crippen MR) is 110 cm³/mol. The summed E-state index contributed by atoms with van der Waals surface area (Å²) in [7, 11) is 0. The first kappa shape index (κ1) is 17.3. The van der Waals surface area contributed by atoms with E-state index in [2.05, 4.69) is 36.2 Å². The summed E-state index contributed by atoms with van der Waals surface area (Å²) in [6.07, 6.45) is 0. The van der Waals surface area contributed by atoms with Gasteiger partial charge in [0.1, 0.15) is 5.82 Å². The topological polar surface area (TPSA) is 82.0 Å². The second-order valence-electron chi connectivity index (χ2n) is 6.12. The molecule has 0 unspecified atom stereocenters. The lowest BCUT2D eigenvalue weighted by Crippen LogP contribution is -1.98. The predicted octanol–water partition coefficient (Wildman–Crippen LogP) is 4.69. The highest BCUT2D eigenvalue weighted by Crippen LogP contribution is 2.27. The standard InChI is InChI=1S/C19H13BrN6OS/c1-11-21-18-14-7-2-3-8-15(14)22-19(26(18)24-11)28-10-16-23-17(25-27-16)12-5-4-6-13(20)9-12/h2-9H,10H2,1H3. The van der Waals surface area contributed by atoms with E-state index in [1.165, 1.54) is 11.8 Å². The Kier molecular flexibility index (Phi) is 4.33. The molecule has 0 aliphatic heterocycles. The molecule has 0 saturated heterocycles. The van der Waals surface area contributed by atoms with Crippen molar-refractivity contribution in [3.63, 3.8) is 0 Å². The van der Waals surface area contributed by atoms with E-state index in [4.69, 9.17) is 9.51 Å². The molecule has 0 radical (unpaired) electrons. The van der Waals surface area contributed by atoms with E-state index in [-0.39, 0.29) is 0 Å². The summed E-state index contributed by atoms with van der Waals surface area (Å²) >= 11 is 4.94. The van der Waals surface area contributed by atoms with Crippen molar-refractivity contribution in [1.82, 2.24) is 29.7 Å². The fraction of sp³-hybridized carbons (Fsp3) is 0.105. The number of para-hydroxylation sites is 1. The number of halogens is 1. The first-order chi connectivity index (χ1) is 13.7. The maximum atomic E-state index is 5.42. The van der Waals surface area contributed by atoms with E-state index in [0.717, 1.165) is 31.7 Å². The van der Waals surface area contributed by atoms with Crippen LogP contribution in [0.25, 0.3) is 27.9 Å². The van der Waals surface area contributed by atoms with Gasteiger partial charge in [0.25, 0.3) is 0 Å². The van der Waals surface area contributed by atoms with Crippen molar-refractivity contribution in [1.29, 1.82) is 0 Å². The molecule has 2 aromatic carbocycles. The van der Waals surface area contributed by atoms with Gasteiger partial charge in [-0.1, -0.05) is 57.1 Å². The molecule has 7 nitrogen and oxygen atoms in total. The molecule has 3 heterocycles. The summed E-state index contributed by atoms with van der Waals surface area (Å²) in [4.78, 5) is 13.8. The zero-order valence-electron chi connectivity index (χ0n) is 14.7. The molecule has 0 atom stereocenters. The molecule has 0 bridgehead atoms. The number of thioether (sulfide) groups is 1. The van der Waals surface area contributed by atoms with E-state index in [1.807, 2.05) is 55.5 Å².